The number of unbranched alkanes of at least 4 members (excludes halogenated alkanes) is 28. The summed E-state index contributed by atoms with van der Waals surface area (Å²) in [6.07, 6.45) is 79.9. The molecule has 1 saturated heterocycles. The summed E-state index contributed by atoms with van der Waals surface area (Å²) < 4.78 is 11.3. The number of allylic oxidation sites excluding steroid dienone is 18. The van der Waals surface area contributed by atoms with E-state index in [1.165, 1.54) is 154 Å². The molecule has 9 nitrogen and oxygen atoms in total. The molecule has 1 heterocycles. The van der Waals surface area contributed by atoms with Crippen LogP contribution in [-0.4, -0.2) is 87.5 Å². The van der Waals surface area contributed by atoms with E-state index in [2.05, 4.69) is 129 Å². The van der Waals surface area contributed by atoms with Gasteiger partial charge in [0.1, 0.15) is 24.4 Å². The molecule has 1 rings (SSSR count). The van der Waals surface area contributed by atoms with Crippen LogP contribution in [0.25, 0.3) is 0 Å². The maximum atomic E-state index is 13.1. The van der Waals surface area contributed by atoms with Gasteiger partial charge in [-0.05, 0) is 83.5 Å². The molecule has 0 aromatic rings. The second kappa shape index (κ2) is 59.0. The molecule has 0 aromatic carbocycles. The molecule has 0 aliphatic carbocycles. The van der Waals surface area contributed by atoms with Crippen LogP contribution >= 0.6 is 0 Å². The quantitative estimate of drug-likeness (QED) is 0.0261. The summed E-state index contributed by atoms with van der Waals surface area (Å²) in [6, 6.07) is -0.725. The van der Waals surface area contributed by atoms with Crippen molar-refractivity contribution < 1.29 is 39.8 Å². The van der Waals surface area contributed by atoms with E-state index < -0.39 is 49.5 Å². The van der Waals surface area contributed by atoms with E-state index in [-0.39, 0.29) is 12.5 Å². The van der Waals surface area contributed by atoms with Crippen molar-refractivity contribution in [3.05, 3.63) is 109 Å². The number of carbonyl (C=O) groups excluding carboxylic acids is 1. The number of hydrogen-bond donors (Lipinski definition) is 6. The maximum absolute atomic E-state index is 13.1. The van der Waals surface area contributed by atoms with E-state index in [0.717, 1.165) is 96.3 Å². The van der Waals surface area contributed by atoms with Crippen LogP contribution in [0.15, 0.2) is 109 Å². The minimum atomic E-state index is -1.56. The van der Waals surface area contributed by atoms with Gasteiger partial charge >= 0.3 is 0 Å². The Kier molecular flexibility index (Phi) is 55.2. The SMILES string of the molecule is CC/C=C\C/C=C\C/C=C\C/C=C\C/C=C\C/C=C\C/C=C\C/C=C\C/C=C\CCCCCCCCCCCCCCCC(=O)NC(COC1OC(CO)C(O)C(O)C1O)C(O)CCCCCCCCCCCCCCCCCC. The van der Waals surface area contributed by atoms with Crippen molar-refractivity contribution in [3.8, 4) is 0 Å². The fourth-order valence-corrected chi connectivity index (χ4v) is 9.98. The fraction of sp³-hybridized carbons (Fsp3) is 0.732. The molecule has 7 atom stereocenters. The van der Waals surface area contributed by atoms with Crippen molar-refractivity contribution in [1.82, 2.24) is 5.32 Å². The average Bonchev–Trinajstić information content (AvgIpc) is 3.46. The van der Waals surface area contributed by atoms with Gasteiger partial charge in [0.05, 0.1) is 25.4 Å². The van der Waals surface area contributed by atoms with Crippen LogP contribution in [0.5, 0.6) is 0 Å². The standard InChI is InChI=1S/C71H123NO8/c1-3-5-7-9-11-13-15-17-19-21-22-23-24-25-26-27-28-29-30-31-32-33-34-35-36-37-38-39-40-41-42-43-44-45-47-49-51-53-55-57-59-61-67(75)72-64(63-79-71-70(78)69(77)68(76)66(62-73)80-71)65(74)60-58-56-54-52-50-48-46-20-18-16-14-12-10-8-6-4-2/h5,7,11,13,17,19,22-23,25-26,28-29,31-32,34-35,37-38,64-66,68-71,73-74,76-78H,3-4,6,8-10,12,14-16,18,20-21,24,27,30,33,36,39-63H2,1-2H3,(H,72,75)/b7-5-,13-11-,19-17-,23-22-,26-25-,29-28-,32-31-,35-34-,38-37-. The van der Waals surface area contributed by atoms with E-state index in [0.29, 0.717) is 12.8 Å². The van der Waals surface area contributed by atoms with Crippen LogP contribution in [0, 0.1) is 0 Å². The predicted molar refractivity (Wildman–Crippen MR) is 341 cm³/mol. The molecule has 0 aromatic heterocycles. The molecule has 0 radical (unpaired) electrons. The molecule has 6 N–H and O–H groups in total. The molecular weight excluding hydrogens is 995 g/mol. The number of aliphatic hydroxyl groups excluding tert-OH is 5. The van der Waals surface area contributed by atoms with Gasteiger partial charge in [0.2, 0.25) is 5.91 Å². The van der Waals surface area contributed by atoms with Crippen LogP contribution < -0.4 is 5.32 Å². The molecule has 1 fully saturated rings. The van der Waals surface area contributed by atoms with Gasteiger partial charge in [0.25, 0.3) is 0 Å². The van der Waals surface area contributed by atoms with Gasteiger partial charge in [0, 0.05) is 6.42 Å². The molecule has 0 saturated carbocycles. The van der Waals surface area contributed by atoms with Gasteiger partial charge in [-0.25, -0.2) is 0 Å². The molecule has 9 heteroatoms. The maximum Gasteiger partial charge on any atom is 0.220 e. The summed E-state index contributed by atoms with van der Waals surface area (Å²) in [6.45, 7) is 3.73. The number of carbonyl (C=O) groups is 1. The molecule has 1 amide bonds. The largest absolute Gasteiger partial charge is 0.394 e. The monoisotopic (exact) mass is 1120 g/mol. The molecule has 460 valence electrons. The number of aliphatic hydroxyl groups is 5. The smallest absolute Gasteiger partial charge is 0.220 e. The number of rotatable bonds is 56. The van der Waals surface area contributed by atoms with E-state index in [1.807, 2.05) is 0 Å². The first-order chi connectivity index (χ1) is 39.3. The van der Waals surface area contributed by atoms with E-state index in [1.54, 1.807) is 0 Å². The van der Waals surface area contributed by atoms with Crippen molar-refractivity contribution in [2.24, 2.45) is 0 Å². The summed E-state index contributed by atoms with van der Waals surface area (Å²) in [5.41, 5.74) is 0. The van der Waals surface area contributed by atoms with Crippen molar-refractivity contribution in [2.45, 2.75) is 320 Å². The molecular formula is C71H123NO8. The van der Waals surface area contributed by atoms with Crippen molar-refractivity contribution in [3.63, 3.8) is 0 Å². The van der Waals surface area contributed by atoms with Crippen LogP contribution in [0.4, 0.5) is 0 Å². The summed E-state index contributed by atoms with van der Waals surface area (Å²) in [7, 11) is 0. The second-order valence-corrected chi connectivity index (χ2v) is 22.5. The van der Waals surface area contributed by atoms with Gasteiger partial charge in [-0.3, -0.25) is 4.79 Å². The lowest BCUT2D eigenvalue weighted by molar-refractivity contribution is -0.302. The van der Waals surface area contributed by atoms with Gasteiger partial charge < -0.3 is 40.3 Å². The molecule has 7 unspecified atom stereocenters. The van der Waals surface area contributed by atoms with Crippen LogP contribution in [0.1, 0.15) is 277 Å². The zero-order valence-electron chi connectivity index (χ0n) is 51.3. The summed E-state index contributed by atoms with van der Waals surface area (Å²) in [5, 5.41) is 54.8. The minimum absolute atomic E-state index is 0.141. The van der Waals surface area contributed by atoms with E-state index >= 15 is 0 Å². The third kappa shape index (κ3) is 47.4. The topological polar surface area (TPSA) is 149 Å². The Hall–Kier alpha value is -3.15. The van der Waals surface area contributed by atoms with Gasteiger partial charge in [0.15, 0.2) is 6.29 Å². The lowest BCUT2D eigenvalue weighted by Crippen LogP contribution is -2.60. The second-order valence-electron chi connectivity index (χ2n) is 22.5. The van der Waals surface area contributed by atoms with E-state index in [4.69, 9.17) is 9.47 Å². The Morgan fingerprint density at radius 2 is 0.775 bits per heavy atom. The molecule has 0 spiro atoms. The highest BCUT2D eigenvalue weighted by molar-refractivity contribution is 5.76. The van der Waals surface area contributed by atoms with Crippen LogP contribution in [-0.2, 0) is 14.3 Å². The number of ether oxygens (including phenoxy) is 2. The predicted octanol–water partition coefficient (Wildman–Crippen LogP) is 17.7. The van der Waals surface area contributed by atoms with Crippen molar-refractivity contribution >= 4 is 5.91 Å². The Bertz CT molecular complexity index is 1630. The van der Waals surface area contributed by atoms with Gasteiger partial charge in [-0.15, -0.1) is 0 Å². The number of nitrogens with one attached hydrogen (secondary N) is 1. The highest BCUT2D eigenvalue weighted by Crippen LogP contribution is 2.23. The average molecular weight is 1120 g/mol. The zero-order valence-corrected chi connectivity index (χ0v) is 51.3. The normalized spacial score (nSPS) is 19.2. The van der Waals surface area contributed by atoms with Crippen LogP contribution in [0.2, 0.25) is 0 Å². The van der Waals surface area contributed by atoms with E-state index in [9.17, 15) is 30.3 Å². The highest BCUT2D eigenvalue weighted by atomic mass is 16.7. The first-order valence-corrected chi connectivity index (χ1v) is 33.1. The molecule has 1 aliphatic heterocycles. The minimum Gasteiger partial charge on any atom is -0.394 e. The Morgan fingerprint density at radius 3 is 1.15 bits per heavy atom. The first-order valence-electron chi connectivity index (χ1n) is 33.1. The summed E-state index contributed by atoms with van der Waals surface area (Å²) in [5.74, 6) is -0.147. The number of amides is 1. The zero-order chi connectivity index (χ0) is 57.9. The van der Waals surface area contributed by atoms with Crippen molar-refractivity contribution in [1.29, 1.82) is 0 Å². The fourth-order valence-electron chi connectivity index (χ4n) is 9.98. The molecule has 80 heavy (non-hydrogen) atoms. The third-order valence-electron chi connectivity index (χ3n) is 15.1. The van der Waals surface area contributed by atoms with Crippen LogP contribution in [0.3, 0.4) is 0 Å². The highest BCUT2D eigenvalue weighted by Gasteiger charge is 2.44. The lowest BCUT2D eigenvalue weighted by Gasteiger charge is -2.40. The Morgan fingerprint density at radius 1 is 0.438 bits per heavy atom. The molecule has 1 aliphatic rings. The first kappa shape index (κ1) is 74.9. The Labute approximate surface area is 491 Å². The van der Waals surface area contributed by atoms with Gasteiger partial charge in [-0.1, -0.05) is 297 Å². The Balaban J connectivity index is 2.10. The lowest BCUT2D eigenvalue weighted by atomic mass is 9.99. The van der Waals surface area contributed by atoms with Gasteiger partial charge in [-0.2, -0.15) is 0 Å². The molecule has 0 bridgehead atoms. The number of hydrogen-bond acceptors (Lipinski definition) is 8. The van der Waals surface area contributed by atoms with Crippen molar-refractivity contribution in [2.75, 3.05) is 13.2 Å². The summed E-state index contributed by atoms with van der Waals surface area (Å²) in [4.78, 5) is 13.1. The third-order valence-corrected chi connectivity index (χ3v) is 15.1. The summed E-state index contributed by atoms with van der Waals surface area (Å²) >= 11 is 0.